The Morgan fingerprint density at radius 3 is 2.44 bits per heavy atom. The zero-order valence-electron chi connectivity index (χ0n) is 10.9. The van der Waals surface area contributed by atoms with Crippen molar-refractivity contribution in [1.29, 1.82) is 0 Å². The number of morpholine rings is 1. The van der Waals surface area contributed by atoms with E-state index in [2.05, 4.69) is 0 Å². The Bertz CT molecular complexity index is 369. The molecule has 1 heterocycles. The second-order valence-electron chi connectivity index (χ2n) is 5.95. The number of rotatable bonds is 1. The summed E-state index contributed by atoms with van der Waals surface area (Å²) < 4.78 is 10.6. The van der Waals surface area contributed by atoms with Crippen molar-refractivity contribution in [3.8, 4) is 0 Å². The van der Waals surface area contributed by atoms with Gasteiger partial charge >= 0.3 is 12.1 Å². The molecule has 6 nitrogen and oxygen atoms in total. The minimum Gasteiger partial charge on any atom is -0.479 e. The van der Waals surface area contributed by atoms with Crippen molar-refractivity contribution in [1.82, 2.24) is 4.90 Å². The summed E-state index contributed by atoms with van der Waals surface area (Å²) in [6, 6.07) is 0. The summed E-state index contributed by atoms with van der Waals surface area (Å²) in [7, 11) is 0. The Balaban J connectivity index is 2.08. The van der Waals surface area contributed by atoms with Gasteiger partial charge in [-0.15, -0.1) is 0 Å². The molecule has 1 aliphatic carbocycles. The number of carboxylic acid groups (broad SMARTS) is 1. The van der Waals surface area contributed by atoms with Crippen molar-refractivity contribution in [2.75, 3.05) is 13.2 Å². The predicted octanol–water partition coefficient (Wildman–Crippen LogP) is 1.24. The Morgan fingerprint density at radius 2 is 2.00 bits per heavy atom. The highest BCUT2D eigenvalue weighted by Crippen LogP contribution is 2.45. The van der Waals surface area contributed by atoms with Crippen molar-refractivity contribution in [2.24, 2.45) is 0 Å². The van der Waals surface area contributed by atoms with Gasteiger partial charge in [-0.2, -0.15) is 0 Å². The van der Waals surface area contributed by atoms with E-state index in [4.69, 9.17) is 14.6 Å². The fourth-order valence-electron chi connectivity index (χ4n) is 2.04. The zero-order valence-corrected chi connectivity index (χ0v) is 10.9. The summed E-state index contributed by atoms with van der Waals surface area (Å²) in [6.45, 7) is 5.71. The van der Waals surface area contributed by atoms with E-state index in [1.165, 1.54) is 4.90 Å². The standard InChI is InChI=1S/C12H19NO5/c1-11(2,3)18-10(16)13-6-8(9(14)15)17-7-12(13)4-5-12/h8H,4-7H2,1-3H3,(H,14,15). The van der Waals surface area contributed by atoms with Gasteiger partial charge in [0, 0.05) is 0 Å². The third kappa shape index (κ3) is 2.58. The molecule has 1 aliphatic heterocycles. The molecule has 1 amide bonds. The average Bonchev–Trinajstić information content (AvgIpc) is 2.96. The van der Waals surface area contributed by atoms with E-state index in [-0.39, 0.29) is 18.7 Å². The lowest BCUT2D eigenvalue weighted by Crippen LogP contribution is -2.56. The van der Waals surface area contributed by atoms with Gasteiger partial charge in [0.15, 0.2) is 6.10 Å². The van der Waals surface area contributed by atoms with E-state index in [1.54, 1.807) is 20.8 Å². The first-order valence-corrected chi connectivity index (χ1v) is 6.09. The molecule has 1 N–H and O–H groups in total. The number of aliphatic carboxylic acids is 1. The van der Waals surface area contributed by atoms with Gasteiger partial charge in [-0.1, -0.05) is 0 Å². The van der Waals surface area contributed by atoms with Crippen molar-refractivity contribution in [3.05, 3.63) is 0 Å². The van der Waals surface area contributed by atoms with Gasteiger partial charge in [-0.3, -0.25) is 4.90 Å². The third-order valence-corrected chi connectivity index (χ3v) is 3.19. The van der Waals surface area contributed by atoms with Crippen LogP contribution in [0.1, 0.15) is 33.6 Å². The van der Waals surface area contributed by atoms with E-state index in [1.807, 2.05) is 0 Å². The molecule has 2 fully saturated rings. The highest BCUT2D eigenvalue weighted by atomic mass is 16.6. The molecule has 18 heavy (non-hydrogen) atoms. The molecule has 1 saturated carbocycles. The quantitative estimate of drug-likeness (QED) is 0.764. The zero-order chi connectivity index (χ0) is 13.6. The van der Waals surface area contributed by atoms with Crippen LogP contribution in [-0.2, 0) is 14.3 Å². The van der Waals surface area contributed by atoms with Crippen LogP contribution in [0.3, 0.4) is 0 Å². The monoisotopic (exact) mass is 257 g/mol. The normalized spacial score (nSPS) is 25.9. The number of carbonyl (C=O) groups excluding carboxylic acids is 1. The van der Waals surface area contributed by atoms with E-state index in [0.29, 0.717) is 0 Å². The van der Waals surface area contributed by atoms with E-state index < -0.39 is 23.8 Å². The van der Waals surface area contributed by atoms with Gasteiger partial charge in [-0.05, 0) is 33.6 Å². The SMILES string of the molecule is CC(C)(C)OC(=O)N1CC(C(=O)O)OCC12CC2. The maximum Gasteiger partial charge on any atom is 0.410 e. The van der Waals surface area contributed by atoms with Gasteiger partial charge in [-0.25, -0.2) is 9.59 Å². The number of ether oxygens (including phenoxy) is 2. The molecule has 6 heteroatoms. The molecule has 0 aromatic rings. The number of nitrogens with zero attached hydrogens (tertiary/aromatic N) is 1. The van der Waals surface area contributed by atoms with Crippen LogP contribution in [0.5, 0.6) is 0 Å². The molecule has 1 saturated heterocycles. The summed E-state index contributed by atoms with van der Waals surface area (Å²) >= 11 is 0. The number of amides is 1. The van der Waals surface area contributed by atoms with Crippen molar-refractivity contribution >= 4 is 12.1 Å². The van der Waals surface area contributed by atoms with Gasteiger partial charge in [0.1, 0.15) is 5.60 Å². The number of carbonyl (C=O) groups is 2. The molecule has 102 valence electrons. The van der Waals surface area contributed by atoms with Gasteiger partial charge < -0.3 is 14.6 Å². The second-order valence-corrected chi connectivity index (χ2v) is 5.95. The smallest absolute Gasteiger partial charge is 0.410 e. The summed E-state index contributed by atoms with van der Waals surface area (Å²) in [6.07, 6.45) is 0.287. The first-order valence-electron chi connectivity index (χ1n) is 6.09. The van der Waals surface area contributed by atoms with Crippen LogP contribution >= 0.6 is 0 Å². The van der Waals surface area contributed by atoms with Crippen LogP contribution < -0.4 is 0 Å². The number of hydrogen-bond acceptors (Lipinski definition) is 4. The highest BCUT2D eigenvalue weighted by Gasteiger charge is 2.55. The van der Waals surface area contributed by atoms with Crippen LogP contribution in [0, 0.1) is 0 Å². The fraction of sp³-hybridized carbons (Fsp3) is 0.833. The van der Waals surface area contributed by atoms with Crippen LogP contribution in [-0.4, -0.2) is 52.5 Å². The molecule has 1 spiro atoms. The summed E-state index contributed by atoms with van der Waals surface area (Å²) in [5.74, 6) is -1.04. The minimum atomic E-state index is -1.04. The highest BCUT2D eigenvalue weighted by molar-refractivity contribution is 5.76. The summed E-state index contributed by atoms with van der Waals surface area (Å²) in [5, 5.41) is 8.96. The molecular formula is C12H19NO5. The average molecular weight is 257 g/mol. The maximum atomic E-state index is 12.1. The summed E-state index contributed by atoms with van der Waals surface area (Å²) in [5.41, 5.74) is -0.904. The molecule has 0 radical (unpaired) electrons. The van der Waals surface area contributed by atoms with Crippen LogP contribution in [0.15, 0.2) is 0 Å². The molecular weight excluding hydrogens is 238 g/mol. The number of hydrogen-bond donors (Lipinski definition) is 1. The molecule has 2 rings (SSSR count). The Labute approximate surface area is 106 Å². The molecule has 1 unspecified atom stereocenters. The topological polar surface area (TPSA) is 76.1 Å². The van der Waals surface area contributed by atoms with Crippen LogP contribution in [0.25, 0.3) is 0 Å². The van der Waals surface area contributed by atoms with Crippen LogP contribution in [0.4, 0.5) is 4.79 Å². The Hall–Kier alpha value is -1.30. The molecule has 0 bridgehead atoms. The van der Waals surface area contributed by atoms with Crippen LogP contribution in [0.2, 0.25) is 0 Å². The lowest BCUT2D eigenvalue weighted by molar-refractivity contribution is -0.159. The van der Waals surface area contributed by atoms with E-state index in [0.717, 1.165) is 12.8 Å². The first kappa shape index (κ1) is 13.1. The van der Waals surface area contributed by atoms with E-state index >= 15 is 0 Å². The predicted molar refractivity (Wildman–Crippen MR) is 62.3 cm³/mol. The van der Waals surface area contributed by atoms with Crippen molar-refractivity contribution in [3.63, 3.8) is 0 Å². The van der Waals surface area contributed by atoms with Gasteiger partial charge in [0.05, 0.1) is 18.7 Å². The maximum absolute atomic E-state index is 12.1. The van der Waals surface area contributed by atoms with Gasteiger partial charge in [0.2, 0.25) is 0 Å². The van der Waals surface area contributed by atoms with Crippen molar-refractivity contribution in [2.45, 2.75) is 50.9 Å². The lowest BCUT2D eigenvalue weighted by Gasteiger charge is -2.39. The van der Waals surface area contributed by atoms with Crippen molar-refractivity contribution < 1.29 is 24.2 Å². The first-order chi connectivity index (χ1) is 8.23. The minimum absolute atomic E-state index is 0.0598. The molecule has 1 atom stereocenters. The fourth-order valence-corrected chi connectivity index (χ4v) is 2.04. The largest absolute Gasteiger partial charge is 0.479 e. The van der Waals surface area contributed by atoms with Gasteiger partial charge in [0.25, 0.3) is 0 Å². The lowest BCUT2D eigenvalue weighted by atomic mass is 10.1. The second kappa shape index (κ2) is 4.12. The molecule has 0 aromatic carbocycles. The summed E-state index contributed by atoms with van der Waals surface area (Å²) in [4.78, 5) is 24.6. The number of carboxylic acids is 1. The Kier molecular flexibility index (Phi) is 3.01. The van der Waals surface area contributed by atoms with E-state index in [9.17, 15) is 9.59 Å². The molecule has 0 aromatic heterocycles. The Morgan fingerprint density at radius 1 is 1.39 bits per heavy atom. The third-order valence-electron chi connectivity index (χ3n) is 3.19. The molecule has 2 aliphatic rings.